The number of aromatic nitrogens is 1. The summed E-state index contributed by atoms with van der Waals surface area (Å²) in [5.74, 6) is -1.42. The summed E-state index contributed by atoms with van der Waals surface area (Å²) in [6, 6.07) is 11.5. The molecule has 0 aliphatic carbocycles. The number of nitrogens with one attached hydrogen (secondary N) is 1. The van der Waals surface area contributed by atoms with Gasteiger partial charge < -0.3 is 19.6 Å². The lowest BCUT2D eigenvalue weighted by Gasteiger charge is -2.22. The van der Waals surface area contributed by atoms with Crippen LogP contribution in [0.25, 0.3) is 11.5 Å². The fourth-order valence-corrected chi connectivity index (χ4v) is 3.99. The van der Waals surface area contributed by atoms with Crippen LogP contribution in [0.4, 0.5) is 9.93 Å². The second kappa shape index (κ2) is 9.00. The second-order valence-corrected chi connectivity index (χ2v) is 7.75. The number of hydrogen-bond acceptors (Lipinski definition) is 7. The van der Waals surface area contributed by atoms with Crippen molar-refractivity contribution in [1.82, 2.24) is 9.88 Å². The molecule has 4 rings (SSSR count). The van der Waals surface area contributed by atoms with Crippen molar-refractivity contribution in [3.05, 3.63) is 59.2 Å². The SMILES string of the molecule is O=C(O)c1ccc(-c2csc(NC(=O)C3CCCN3C(=O)OCc3ccccc3)n2)o1. The number of carboxylic acid groups (broad SMARTS) is 1. The van der Waals surface area contributed by atoms with Gasteiger partial charge in [-0.2, -0.15) is 0 Å². The third-order valence-electron chi connectivity index (χ3n) is 4.80. The van der Waals surface area contributed by atoms with Crippen LogP contribution in [0.3, 0.4) is 0 Å². The van der Waals surface area contributed by atoms with Gasteiger partial charge in [0.05, 0.1) is 0 Å². The van der Waals surface area contributed by atoms with E-state index in [1.54, 1.807) is 5.38 Å². The lowest BCUT2D eigenvalue weighted by atomic mass is 10.2. The first kappa shape index (κ1) is 20.6. The fourth-order valence-electron chi connectivity index (χ4n) is 3.28. The van der Waals surface area contributed by atoms with Crippen molar-refractivity contribution in [2.45, 2.75) is 25.5 Å². The molecule has 2 amide bonds. The quantitative estimate of drug-likeness (QED) is 0.596. The average Bonchev–Trinajstić information content (AvgIpc) is 3.52. The maximum absolute atomic E-state index is 12.7. The topological polar surface area (TPSA) is 122 Å². The predicted octanol–water partition coefficient (Wildman–Crippen LogP) is 3.84. The largest absolute Gasteiger partial charge is 0.475 e. The van der Waals surface area contributed by atoms with E-state index < -0.39 is 18.1 Å². The average molecular weight is 441 g/mol. The van der Waals surface area contributed by atoms with Crippen LogP contribution in [-0.4, -0.2) is 45.5 Å². The van der Waals surface area contributed by atoms with E-state index in [-0.39, 0.29) is 18.3 Å². The summed E-state index contributed by atoms with van der Waals surface area (Å²) < 4.78 is 10.6. The molecule has 1 saturated heterocycles. The van der Waals surface area contributed by atoms with Crippen LogP contribution in [0.5, 0.6) is 0 Å². The van der Waals surface area contributed by atoms with E-state index in [0.717, 1.165) is 5.56 Å². The molecule has 0 spiro atoms. The smallest absolute Gasteiger partial charge is 0.410 e. The van der Waals surface area contributed by atoms with Crippen LogP contribution >= 0.6 is 11.3 Å². The maximum atomic E-state index is 12.7. The van der Waals surface area contributed by atoms with E-state index >= 15 is 0 Å². The number of anilines is 1. The standard InChI is InChI=1S/C21H19N3O6S/c25-18(23-20-22-14(12-31-20)16-8-9-17(30-16)19(26)27)15-7-4-10-24(15)21(28)29-11-13-5-2-1-3-6-13/h1-3,5-6,8-9,12,15H,4,7,10-11H2,(H,26,27)(H,22,23,25). The zero-order valence-corrected chi connectivity index (χ0v) is 17.1. The molecular formula is C21H19N3O6S. The Morgan fingerprint density at radius 2 is 2.03 bits per heavy atom. The Morgan fingerprint density at radius 3 is 2.77 bits per heavy atom. The summed E-state index contributed by atoms with van der Waals surface area (Å²) in [4.78, 5) is 41.9. The molecule has 2 aromatic heterocycles. The van der Waals surface area contributed by atoms with Crippen molar-refractivity contribution in [3.63, 3.8) is 0 Å². The molecule has 1 aliphatic heterocycles. The van der Waals surface area contributed by atoms with Crippen LogP contribution in [0, 0.1) is 0 Å². The molecule has 1 aliphatic rings. The minimum Gasteiger partial charge on any atom is -0.475 e. The first-order valence-electron chi connectivity index (χ1n) is 9.58. The third kappa shape index (κ3) is 4.75. The predicted molar refractivity (Wildman–Crippen MR) is 112 cm³/mol. The Labute approximate surface area is 181 Å². The van der Waals surface area contributed by atoms with Crippen molar-refractivity contribution in [2.24, 2.45) is 0 Å². The van der Waals surface area contributed by atoms with Crippen LogP contribution in [-0.2, 0) is 16.1 Å². The van der Waals surface area contributed by atoms with E-state index in [1.807, 2.05) is 30.3 Å². The van der Waals surface area contributed by atoms with Crippen molar-refractivity contribution in [2.75, 3.05) is 11.9 Å². The lowest BCUT2D eigenvalue weighted by Crippen LogP contribution is -2.43. The van der Waals surface area contributed by atoms with Gasteiger partial charge in [-0.05, 0) is 30.5 Å². The second-order valence-electron chi connectivity index (χ2n) is 6.89. The number of thiazole rings is 1. The van der Waals surface area contributed by atoms with Gasteiger partial charge in [0.1, 0.15) is 18.3 Å². The highest BCUT2D eigenvalue weighted by molar-refractivity contribution is 7.14. The van der Waals surface area contributed by atoms with Gasteiger partial charge in [-0.1, -0.05) is 30.3 Å². The molecule has 1 aromatic carbocycles. The minimum atomic E-state index is -1.17. The summed E-state index contributed by atoms with van der Waals surface area (Å²) in [5.41, 5.74) is 1.29. The van der Waals surface area contributed by atoms with Crippen molar-refractivity contribution in [1.29, 1.82) is 0 Å². The molecular weight excluding hydrogens is 422 g/mol. The molecule has 1 unspecified atom stereocenters. The number of likely N-dealkylation sites (tertiary alicyclic amines) is 1. The van der Waals surface area contributed by atoms with Gasteiger partial charge in [0, 0.05) is 11.9 Å². The molecule has 0 radical (unpaired) electrons. The van der Waals surface area contributed by atoms with Crippen molar-refractivity contribution in [3.8, 4) is 11.5 Å². The zero-order chi connectivity index (χ0) is 21.8. The maximum Gasteiger partial charge on any atom is 0.410 e. The molecule has 0 bridgehead atoms. The van der Waals surface area contributed by atoms with E-state index in [2.05, 4.69) is 10.3 Å². The molecule has 10 heteroatoms. The Hall–Kier alpha value is -3.66. The summed E-state index contributed by atoms with van der Waals surface area (Å²) >= 11 is 1.18. The molecule has 0 saturated carbocycles. The number of ether oxygens (including phenoxy) is 1. The Balaban J connectivity index is 1.36. The number of hydrogen-bond donors (Lipinski definition) is 2. The summed E-state index contributed by atoms with van der Waals surface area (Å²) in [6.45, 7) is 0.584. The van der Waals surface area contributed by atoms with Crippen molar-refractivity contribution >= 4 is 34.4 Å². The number of carbonyl (C=O) groups excluding carboxylic acids is 2. The molecule has 9 nitrogen and oxygen atoms in total. The summed E-state index contributed by atoms with van der Waals surface area (Å²) in [5, 5.41) is 13.7. The number of nitrogens with zero attached hydrogens (tertiary/aromatic N) is 2. The number of rotatable bonds is 6. The highest BCUT2D eigenvalue weighted by atomic mass is 32.1. The first-order valence-corrected chi connectivity index (χ1v) is 10.5. The van der Waals surface area contributed by atoms with Crippen molar-refractivity contribution < 1.29 is 28.6 Å². The summed E-state index contributed by atoms with van der Waals surface area (Å²) in [7, 11) is 0. The third-order valence-corrected chi connectivity index (χ3v) is 5.56. The van der Waals surface area contributed by atoms with E-state index in [9.17, 15) is 14.4 Å². The monoisotopic (exact) mass is 441 g/mol. The molecule has 3 heterocycles. The molecule has 1 fully saturated rings. The Bertz CT molecular complexity index is 1090. The van der Waals surface area contributed by atoms with Gasteiger partial charge in [0.15, 0.2) is 10.9 Å². The van der Waals surface area contributed by atoms with Crippen LogP contribution in [0.1, 0.15) is 29.0 Å². The van der Waals surface area contributed by atoms with Gasteiger partial charge in [-0.15, -0.1) is 11.3 Å². The Morgan fingerprint density at radius 1 is 1.23 bits per heavy atom. The molecule has 160 valence electrons. The van der Waals surface area contributed by atoms with Gasteiger partial charge in [0.25, 0.3) is 0 Å². The van der Waals surface area contributed by atoms with Gasteiger partial charge in [-0.25, -0.2) is 14.6 Å². The van der Waals surface area contributed by atoms with Gasteiger partial charge in [-0.3, -0.25) is 9.69 Å². The number of amides is 2. The molecule has 1 atom stereocenters. The molecule has 2 N–H and O–H groups in total. The number of benzene rings is 1. The Kier molecular flexibility index (Phi) is 5.99. The van der Waals surface area contributed by atoms with E-state index in [0.29, 0.717) is 36.0 Å². The number of carboxylic acids is 1. The lowest BCUT2D eigenvalue weighted by molar-refractivity contribution is -0.120. The van der Waals surface area contributed by atoms with E-state index in [1.165, 1.54) is 28.4 Å². The van der Waals surface area contributed by atoms with Crippen LogP contribution < -0.4 is 5.32 Å². The number of furan rings is 1. The molecule has 31 heavy (non-hydrogen) atoms. The highest BCUT2D eigenvalue weighted by Crippen LogP contribution is 2.28. The van der Waals surface area contributed by atoms with Gasteiger partial charge in [0.2, 0.25) is 11.7 Å². The first-order chi connectivity index (χ1) is 15.0. The fraction of sp³-hybridized carbons (Fsp3) is 0.238. The normalized spacial score (nSPS) is 15.6. The minimum absolute atomic E-state index is 0.141. The van der Waals surface area contributed by atoms with Gasteiger partial charge >= 0.3 is 12.1 Å². The highest BCUT2D eigenvalue weighted by Gasteiger charge is 2.35. The number of carbonyl (C=O) groups is 3. The van der Waals surface area contributed by atoms with Crippen LogP contribution in [0.15, 0.2) is 52.3 Å². The molecule has 3 aromatic rings. The summed E-state index contributed by atoms with van der Waals surface area (Å²) in [6.07, 6.45) is 0.703. The number of aromatic carboxylic acids is 1. The van der Waals surface area contributed by atoms with E-state index in [4.69, 9.17) is 14.3 Å². The zero-order valence-electron chi connectivity index (χ0n) is 16.3. The van der Waals surface area contributed by atoms with Crippen LogP contribution in [0.2, 0.25) is 0 Å².